The molecule has 0 bridgehead atoms. The van der Waals surface area contributed by atoms with Gasteiger partial charge in [0.15, 0.2) is 0 Å². The lowest BCUT2D eigenvalue weighted by Crippen LogP contribution is -2.16. The van der Waals surface area contributed by atoms with Gasteiger partial charge >= 0.3 is 0 Å². The van der Waals surface area contributed by atoms with E-state index in [1.165, 1.54) is 61.0 Å². The van der Waals surface area contributed by atoms with Gasteiger partial charge < -0.3 is 9.32 Å². The Morgan fingerprint density at radius 2 is 1.04 bits per heavy atom. The highest BCUT2D eigenvalue weighted by Gasteiger charge is 2.35. The molecule has 254 valence electrons. The van der Waals surface area contributed by atoms with Crippen LogP contribution in [0.3, 0.4) is 0 Å². The van der Waals surface area contributed by atoms with Crippen LogP contribution in [-0.4, -0.2) is 0 Å². The van der Waals surface area contributed by atoms with E-state index in [4.69, 9.17) is 4.42 Å². The zero-order chi connectivity index (χ0) is 35.5. The van der Waals surface area contributed by atoms with Crippen molar-refractivity contribution in [2.24, 2.45) is 0 Å². The zero-order valence-corrected chi connectivity index (χ0v) is 30.0. The molecule has 0 atom stereocenters. The van der Waals surface area contributed by atoms with Gasteiger partial charge in [0.05, 0.1) is 0 Å². The topological polar surface area (TPSA) is 16.4 Å². The molecular weight excluding hydrogens is 643 g/mol. The molecule has 53 heavy (non-hydrogen) atoms. The largest absolute Gasteiger partial charge is 0.456 e. The molecular formula is C51H39NO. The summed E-state index contributed by atoms with van der Waals surface area (Å²) in [5, 5.41) is 1.23. The van der Waals surface area contributed by atoms with Gasteiger partial charge in [-0.2, -0.15) is 0 Å². The zero-order valence-electron chi connectivity index (χ0n) is 30.0. The Labute approximate surface area is 311 Å². The number of furan rings is 1. The quantitative estimate of drug-likeness (QED) is 0.174. The maximum absolute atomic E-state index is 6.28. The molecule has 0 amide bonds. The molecule has 0 unspecified atom stereocenters. The second-order valence-electron chi connectivity index (χ2n) is 14.9. The molecule has 0 saturated heterocycles. The van der Waals surface area contributed by atoms with Crippen molar-refractivity contribution >= 4 is 34.1 Å². The molecule has 0 fully saturated rings. The monoisotopic (exact) mass is 681 g/mol. The van der Waals surface area contributed by atoms with E-state index in [0.29, 0.717) is 0 Å². The van der Waals surface area contributed by atoms with Crippen LogP contribution in [0.4, 0.5) is 17.1 Å². The predicted molar refractivity (Wildman–Crippen MR) is 222 cm³/mol. The Hall–Kier alpha value is -6.38. The smallest absolute Gasteiger partial charge is 0.135 e. The van der Waals surface area contributed by atoms with Gasteiger partial charge in [-0.1, -0.05) is 141 Å². The molecule has 1 aromatic heterocycles. The summed E-state index contributed by atoms with van der Waals surface area (Å²) < 4.78 is 6.28. The Morgan fingerprint density at radius 1 is 0.491 bits per heavy atom. The first kappa shape index (κ1) is 31.4. The third-order valence-corrected chi connectivity index (χ3v) is 11.4. The molecule has 2 nitrogen and oxygen atoms in total. The van der Waals surface area contributed by atoms with Crippen LogP contribution in [0.1, 0.15) is 42.7 Å². The highest BCUT2D eigenvalue weighted by Crippen LogP contribution is 2.50. The van der Waals surface area contributed by atoms with Crippen molar-refractivity contribution in [3.8, 4) is 44.5 Å². The maximum Gasteiger partial charge on any atom is 0.135 e. The molecule has 2 aliphatic carbocycles. The van der Waals surface area contributed by atoms with Crippen molar-refractivity contribution in [2.75, 3.05) is 4.90 Å². The lowest BCUT2D eigenvalue weighted by molar-refractivity contribution is 0.595. The van der Waals surface area contributed by atoms with Crippen molar-refractivity contribution in [2.45, 2.75) is 32.1 Å². The average Bonchev–Trinajstić information content (AvgIpc) is 3.70. The SMILES string of the molecule is CC1(C)c2ccccc2-c2ccc(N(c3ccc(-c4ccc(-c5ccccc5)cc4)cc3)c3ccc(-c4ccc5c6c(oc5c4)C=CCC6)cc3)cc21. The van der Waals surface area contributed by atoms with Gasteiger partial charge in [-0.05, 0) is 117 Å². The number of hydrogen-bond donors (Lipinski definition) is 0. The van der Waals surface area contributed by atoms with Gasteiger partial charge in [-0.3, -0.25) is 0 Å². The Bertz CT molecular complexity index is 2660. The first-order valence-electron chi connectivity index (χ1n) is 18.6. The van der Waals surface area contributed by atoms with Gasteiger partial charge in [-0.15, -0.1) is 0 Å². The summed E-state index contributed by atoms with van der Waals surface area (Å²) in [6, 6.07) is 59.9. The van der Waals surface area contributed by atoms with E-state index >= 15 is 0 Å². The van der Waals surface area contributed by atoms with Crippen molar-refractivity contribution in [1.82, 2.24) is 0 Å². The van der Waals surface area contributed by atoms with Crippen molar-refractivity contribution in [1.29, 1.82) is 0 Å². The standard InChI is InChI=1S/C51H39NO/c1-51(2)47-14-8-6-12-43(47)44-31-29-42(33-48(44)51)52(40-25-20-37(21-26-40)36-18-16-35(17-19-36)34-10-4-3-5-11-34)41-27-22-38(23-28-41)39-24-30-46-45-13-7-9-15-49(45)53-50(46)32-39/h3-6,8-12,14-33H,7,13H2,1-2H3. The predicted octanol–water partition coefficient (Wildman–Crippen LogP) is 14.2. The van der Waals surface area contributed by atoms with Gasteiger partial charge in [0.1, 0.15) is 11.3 Å². The van der Waals surface area contributed by atoms with Crippen molar-refractivity contribution in [3.63, 3.8) is 0 Å². The summed E-state index contributed by atoms with van der Waals surface area (Å²) in [6.45, 7) is 4.70. The van der Waals surface area contributed by atoms with Crippen molar-refractivity contribution < 1.29 is 4.42 Å². The van der Waals surface area contributed by atoms with Crippen LogP contribution in [-0.2, 0) is 11.8 Å². The van der Waals surface area contributed by atoms with Crippen LogP contribution >= 0.6 is 0 Å². The molecule has 0 radical (unpaired) electrons. The van der Waals surface area contributed by atoms with Crippen LogP contribution in [0.2, 0.25) is 0 Å². The van der Waals surface area contributed by atoms with Crippen LogP contribution in [0, 0.1) is 0 Å². The van der Waals surface area contributed by atoms with Crippen LogP contribution in [0.5, 0.6) is 0 Å². The number of nitrogens with zero attached hydrogens (tertiary/aromatic N) is 1. The minimum atomic E-state index is -0.0905. The third-order valence-electron chi connectivity index (χ3n) is 11.4. The number of allylic oxidation sites excluding steroid dienone is 1. The molecule has 7 aromatic carbocycles. The summed E-state index contributed by atoms with van der Waals surface area (Å²) >= 11 is 0. The van der Waals surface area contributed by atoms with Crippen LogP contribution in [0.15, 0.2) is 174 Å². The number of hydrogen-bond acceptors (Lipinski definition) is 2. The van der Waals surface area contributed by atoms with Gasteiger partial charge in [0.2, 0.25) is 0 Å². The third kappa shape index (κ3) is 5.33. The second-order valence-corrected chi connectivity index (χ2v) is 14.9. The van der Waals surface area contributed by atoms with E-state index < -0.39 is 0 Å². The Balaban J connectivity index is 1.02. The summed E-state index contributed by atoms with van der Waals surface area (Å²) in [5.74, 6) is 1.00. The van der Waals surface area contributed by atoms with E-state index in [1.54, 1.807) is 0 Å². The normalized spacial score (nSPS) is 13.8. The summed E-state index contributed by atoms with van der Waals surface area (Å²) in [5.41, 5.74) is 18.2. The molecule has 2 aliphatic rings. The number of fused-ring (bicyclic) bond motifs is 6. The first-order valence-corrected chi connectivity index (χ1v) is 18.6. The lowest BCUT2D eigenvalue weighted by Gasteiger charge is -2.28. The van der Waals surface area contributed by atoms with Gasteiger partial charge in [0, 0.05) is 33.4 Å². The fourth-order valence-corrected chi connectivity index (χ4v) is 8.53. The lowest BCUT2D eigenvalue weighted by atomic mass is 9.82. The number of anilines is 3. The number of aryl methyl sites for hydroxylation is 1. The van der Waals surface area contributed by atoms with Crippen LogP contribution in [0.25, 0.3) is 61.6 Å². The Morgan fingerprint density at radius 3 is 1.74 bits per heavy atom. The molecule has 0 aliphatic heterocycles. The molecule has 8 aromatic rings. The van der Waals surface area contributed by atoms with Crippen LogP contribution < -0.4 is 4.90 Å². The number of benzene rings is 7. The second kappa shape index (κ2) is 12.4. The van der Waals surface area contributed by atoms with Gasteiger partial charge in [0.25, 0.3) is 0 Å². The molecule has 2 heteroatoms. The highest BCUT2D eigenvalue weighted by molar-refractivity contribution is 5.90. The molecule has 0 N–H and O–H groups in total. The van der Waals surface area contributed by atoms with E-state index in [0.717, 1.165) is 46.8 Å². The number of rotatable bonds is 6. The summed E-state index contributed by atoms with van der Waals surface area (Å²) in [4.78, 5) is 2.39. The van der Waals surface area contributed by atoms with E-state index in [2.05, 4.69) is 195 Å². The summed E-state index contributed by atoms with van der Waals surface area (Å²) in [6.07, 6.45) is 6.43. The van der Waals surface area contributed by atoms with E-state index in [-0.39, 0.29) is 5.41 Å². The van der Waals surface area contributed by atoms with E-state index in [9.17, 15) is 0 Å². The molecule has 1 heterocycles. The maximum atomic E-state index is 6.28. The fourth-order valence-electron chi connectivity index (χ4n) is 8.53. The van der Waals surface area contributed by atoms with Crippen molar-refractivity contribution in [3.05, 3.63) is 192 Å². The minimum Gasteiger partial charge on any atom is -0.456 e. The fraction of sp³-hybridized carbons (Fsp3) is 0.0980. The molecule has 0 saturated carbocycles. The minimum absolute atomic E-state index is 0.0905. The van der Waals surface area contributed by atoms with Gasteiger partial charge in [-0.25, -0.2) is 0 Å². The average molecular weight is 682 g/mol. The van der Waals surface area contributed by atoms with E-state index in [1.807, 2.05) is 0 Å². The molecule has 0 spiro atoms. The highest BCUT2D eigenvalue weighted by atomic mass is 16.3. The Kier molecular flexibility index (Phi) is 7.33. The molecule has 10 rings (SSSR count). The first-order chi connectivity index (χ1) is 26.0. The summed E-state index contributed by atoms with van der Waals surface area (Å²) in [7, 11) is 0.